The molecule has 0 saturated carbocycles. The molecule has 28 heavy (non-hydrogen) atoms. The number of hydrogen-bond donors (Lipinski definition) is 3. The number of benzene rings is 1. The van der Waals surface area contributed by atoms with Crippen molar-refractivity contribution < 1.29 is 26.4 Å². The molecule has 0 bridgehead atoms. The lowest BCUT2D eigenvalue weighted by Crippen LogP contribution is -2.26. The van der Waals surface area contributed by atoms with Crippen LogP contribution >= 0.6 is 0 Å². The first-order chi connectivity index (χ1) is 13.1. The van der Waals surface area contributed by atoms with Gasteiger partial charge in [0, 0.05) is 18.9 Å². The van der Waals surface area contributed by atoms with Crippen molar-refractivity contribution in [2.45, 2.75) is 22.9 Å². The summed E-state index contributed by atoms with van der Waals surface area (Å²) >= 11 is 0. The Kier molecular flexibility index (Phi) is 6.82. The molecular weight excluding hydrogens is 408 g/mol. The van der Waals surface area contributed by atoms with Gasteiger partial charge < -0.3 is 14.6 Å². The zero-order valence-electron chi connectivity index (χ0n) is 15.6. The molecule has 154 valence electrons. The topological polar surface area (TPSA) is 136 Å². The molecule has 1 amide bonds. The van der Waals surface area contributed by atoms with Crippen molar-refractivity contribution in [3.63, 3.8) is 0 Å². The SMILES string of the molecule is CNS(=O)(=O)c1cn(CC(=O)NCc2cccc(OC)c2)cc1S(=O)(=O)NC. The second-order valence-corrected chi connectivity index (χ2v) is 9.41. The van der Waals surface area contributed by atoms with E-state index in [4.69, 9.17) is 4.74 Å². The minimum Gasteiger partial charge on any atom is -0.497 e. The van der Waals surface area contributed by atoms with Gasteiger partial charge >= 0.3 is 0 Å². The number of rotatable bonds is 9. The highest BCUT2D eigenvalue weighted by molar-refractivity contribution is 7.92. The summed E-state index contributed by atoms with van der Waals surface area (Å²) in [7, 11) is -4.19. The summed E-state index contributed by atoms with van der Waals surface area (Å²) in [6, 6.07) is 7.15. The Morgan fingerprint density at radius 1 is 1.04 bits per heavy atom. The van der Waals surface area contributed by atoms with Crippen molar-refractivity contribution >= 4 is 26.0 Å². The third-order valence-electron chi connectivity index (χ3n) is 3.88. The average Bonchev–Trinajstić information content (AvgIpc) is 3.12. The Morgan fingerprint density at radius 3 is 2.11 bits per heavy atom. The molecular formula is C16H22N4O6S2. The Labute approximate surface area is 164 Å². The van der Waals surface area contributed by atoms with Crippen molar-refractivity contribution in [1.82, 2.24) is 19.3 Å². The standard InChI is InChI=1S/C16H22N4O6S2/c1-17-27(22,23)14-9-20(10-15(14)28(24,25)18-2)11-16(21)19-8-12-5-4-6-13(7-12)26-3/h4-7,9-10,17-18H,8,11H2,1-3H3,(H,19,21). The van der Waals surface area contributed by atoms with Crippen molar-refractivity contribution in [1.29, 1.82) is 0 Å². The van der Waals surface area contributed by atoms with Gasteiger partial charge in [0.25, 0.3) is 0 Å². The molecule has 1 aromatic heterocycles. The van der Waals surface area contributed by atoms with Gasteiger partial charge in [0.15, 0.2) is 0 Å². The summed E-state index contributed by atoms with van der Waals surface area (Å²) in [6.07, 6.45) is 2.20. The largest absolute Gasteiger partial charge is 0.497 e. The molecule has 0 atom stereocenters. The van der Waals surface area contributed by atoms with Crippen molar-refractivity contribution in [2.24, 2.45) is 0 Å². The van der Waals surface area contributed by atoms with Crippen LogP contribution in [0, 0.1) is 0 Å². The van der Waals surface area contributed by atoms with Gasteiger partial charge in [-0.2, -0.15) is 0 Å². The highest BCUT2D eigenvalue weighted by Gasteiger charge is 2.27. The number of hydrogen-bond acceptors (Lipinski definition) is 6. The molecule has 12 heteroatoms. The normalized spacial score (nSPS) is 12.0. The van der Waals surface area contributed by atoms with E-state index in [1.54, 1.807) is 18.2 Å². The van der Waals surface area contributed by atoms with Crippen LogP contribution in [-0.2, 0) is 37.9 Å². The summed E-state index contributed by atoms with van der Waals surface area (Å²) in [5.41, 5.74) is 0.817. The lowest BCUT2D eigenvalue weighted by atomic mass is 10.2. The molecule has 0 unspecified atom stereocenters. The molecule has 2 aromatic rings. The summed E-state index contributed by atoms with van der Waals surface area (Å²) in [4.78, 5) is 11.3. The Balaban J connectivity index is 2.19. The molecule has 10 nitrogen and oxygen atoms in total. The second kappa shape index (κ2) is 8.73. The highest BCUT2D eigenvalue weighted by Crippen LogP contribution is 2.22. The van der Waals surface area contributed by atoms with Crippen LogP contribution in [0.5, 0.6) is 5.75 Å². The monoisotopic (exact) mass is 430 g/mol. The predicted octanol–water partition coefficient (Wildman–Crippen LogP) is -0.371. The molecule has 0 spiro atoms. The van der Waals surface area contributed by atoms with E-state index in [0.717, 1.165) is 18.0 Å². The Morgan fingerprint density at radius 2 is 1.61 bits per heavy atom. The van der Waals surface area contributed by atoms with Crippen LogP contribution in [0.2, 0.25) is 0 Å². The second-order valence-electron chi connectivity index (χ2n) is 5.70. The van der Waals surface area contributed by atoms with Gasteiger partial charge in [-0.3, -0.25) is 4.79 Å². The summed E-state index contributed by atoms with van der Waals surface area (Å²) in [5.74, 6) is 0.237. The number of ether oxygens (including phenoxy) is 1. The van der Waals surface area contributed by atoms with Crippen LogP contribution in [0.25, 0.3) is 0 Å². The van der Waals surface area contributed by atoms with Crippen LogP contribution in [0.3, 0.4) is 0 Å². The minimum absolute atomic E-state index is 0.237. The zero-order chi connectivity index (χ0) is 20.9. The average molecular weight is 431 g/mol. The van der Waals surface area contributed by atoms with Gasteiger partial charge in [-0.15, -0.1) is 0 Å². The third-order valence-corrected chi connectivity index (χ3v) is 6.89. The van der Waals surface area contributed by atoms with Crippen molar-refractivity contribution in [3.05, 3.63) is 42.2 Å². The van der Waals surface area contributed by atoms with Crippen LogP contribution < -0.4 is 19.5 Å². The number of aromatic nitrogens is 1. The van der Waals surface area contributed by atoms with Gasteiger partial charge in [0.2, 0.25) is 26.0 Å². The highest BCUT2D eigenvalue weighted by atomic mass is 32.2. The number of carbonyl (C=O) groups is 1. The smallest absolute Gasteiger partial charge is 0.243 e. The van der Waals surface area contributed by atoms with Gasteiger partial charge in [0.1, 0.15) is 22.1 Å². The number of methoxy groups -OCH3 is 1. The van der Waals surface area contributed by atoms with Crippen LogP contribution in [0.1, 0.15) is 5.56 Å². The zero-order valence-corrected chi connectivity index (χ0v) is 17.2. The van der Waals surface area contributed by atoms with Crippen molar-refractivity contribution in [3.8, 4) is 5.75 Å². The van der Waals surface area contributed by atoms with E-state index in [1.165, 1.54) is 25.8 Å². The number of amides is 1. The molecule has 3 N–H and O–H groups in total. The fraction of sp³-hybridized carbons (Fsp3) is 0.312. The minimum atomic E-state index is -4.04. The number of nitrogens with zero attached hydrogens (tertiary/aromatic N) is 1. The summed E-state index contributed by atoms with van der Waals surface area (Å²) < 4.78 is 59.0. The Hall–Kier alpha value is -2.41. The molecule has 0 aliphatic heterocycles. The van der Waals surface area contributed by atoms with Crippen molar-refractivity contribution in [2.75, 3.05) is 21.2 Å². The summed E-state index contributed by atoms with van der Waals surface area (Å²) in [6.45, 7) is -0.0178. The van der Waals surface area contributed by atoms with Gasteiger partial charge in [-0.1, -0.05) is 12.1 Å². The quantitative estimate of drug-likeness (QED) is 0.497. The molecule has 2 rings (SSSR count). The van der Waals surface area contributed by atoms with Gasteiger partial charge in [-0.05, 0) is 31.8 Å². The van der Waals surface area contributed by atoms with Crippen LogP contribution in [-0.4, -0.2) is 48.5 Å². The maximum atomic E-state index is 12.2. The number of sulfonamides is 2. The molecule has 0 aliphatic rings. The molecule has 1 aromatic carbocycles. The molecule has 0 aliphatic carbocycles. The fourth-order valence-electron chi connectivity index (χ4n) is 2.39. The van der Waals surface area contributed by atoms with Crippen LogP contribution in [0.15, 0.2) is 46.5 Å². The molecule has 0 fully saturated rings. The van der Waals surface area contributed by atoms with Gasteiger partial charge in [-0.25, -0.2) is 26.3 Å². The first-order valence-corrected chi connectivity index (χ1v) is 11.1. The van der Waals surface area contributed by atoms with E-state index in [9.17, 15) is 21.6 Å². The van der Waals surface area contributed by atoms with E-state index in [2.05, 4.69) is 14.8 Å². The van der Waals surface area contributed by atoms with E-state index in [0.29, 0.717) is 5.75 Å². The molecule has 1 heterocycles. The van der Waals surface area contributed by atoms with Crippen LogP contribution in [0.4, 0.5) is 0 Å². The predicted molar refractivity (Wildman–Crippen MR) is 102 cm³/mol. The Bertz CT molecular complexity index is 1010. The molecule has 0 radical (unpaired) electrons. The fourth-order valence-corrected chi connectivity index (χ4v) is 4.67. The first kappa shape index (κ1) is 21.9. The number of nitrogens with one attached hydrogen (secondary N) is 3. The molecule has 0 saturated heterocycles. The maximum Gasteiger partial charge on any atom is 0.243 e. The number of carbonyl (C=O) groups excluding carboxylic acids is 1. The van der Waals surface area contributed by atoms with Gasteiger partial charge in [0.05, 0.1) is 7.11 Å². The lowest BCUT2D eigenvalue weighted by molar-refractivity contribution is -0.121. The van der Waals surface area contributed by atoms with E-state index >= 15 is 0 Å². The first-order valence-electron chi connectivity index (χ1n) is 8.09. The van der Waals surface area contributed by atoms with E-state index in [-0.39, 0.29) is 13.1 Å². The van der Waals surface area contributed by atoms with E-state index in [1.807, 2.05) is 6.07 Å². The van der Waals surface area contributed by atoms with E-state index < -0.39 is 35.7 Å². The third kappa shape index (κ3) is 5.10. The summed E-state index contributed by atoms with van der Waals surface area (Å²) in [5, 5.41) is 2.69. The maximum absolute atomic E-state index is 12.2. The lowest BCUT2D eigenvalue weighted by Gasteiger charge is -2.07.